The first-order chi connectivity index (χ1) is 8.72. The molecule has 1 heterocycles. The lowest BCUT2D eigenvalue weighted by atomic mass is 10.0. The van der Waals surface area contributed by atoms with Crippen LogP contribution in [0.5, 0.6) is 0 Å². The van der Waals surface area contributed by atoms with Gasteiger partial charge in [-0.3, -0.25) is 4.90 Å². The molecule has 0 aromatic rings. The lowest BCUT2D eigenvalue weighted by Crippen LogP contribution is -2.47. The Morgan fingerprint density at radius 1 is 1.21 bits per heavy atom. The highest BCUT2D eigenvalue weighted by Crippen LogP contribution is 2.36. The van der Waals surface area contributed by atoms with Gasteiger partial charge < -0.3 is 4.90 Å². The zero-order chi connectivity index (χ0) is 14.7. The quantitative estimate of drug-likeness (QED) is 0.727. The maximum atomic E-state index is 15.2. The monoisotopic (exact) mass is 272 g/mol. The Balaban J connectivity index is 2.67. The summed E-state index contributed by atoms with van der Waals surface area (Å²) in [5, 5.41) is 0. The van der Waals surface area contributed by atoms with E-state index in [-0.39, 0.29) is 5.54 Å². The van der Waals surface area contributed by atoms with Crippen LogP contribution < -0.4 is 0 Å². The maximum Gasteiger partial charge on any atom is 0.137 e. The molecule has 0 N–H and O–H groups in total. The van der Waals surface area contributed by atoms with Crippen LogP contribution in [0.15, 0.2) is 0 Å². The first-order valence-corrected chi connectivity index (χ1v) is 7.90. The molecule has 2 nitrogen and oxygen atoms in total. The fraction of sp³-hybridized carbons (Fsp3) is 1.00. The summed E-state index contributed by atoms with van der Waals surface area (Å²) in [6.07, 6.45) is 2.89. The van der Waals surface area contributed by atoms with Gasteiger partial charge in [0.2, 0.25) is 0 Å². The van der Waals surface area contributed by atoms with E-state index in [2.05, 4.69) is 51.3 Å². The first-order valence-electron chi connectivity index (χ1n) is 7.90. The molecule has 0 saturated carbocycles. The summed E-state index contributed by atoms with van der Waals surface area (Å²) < 4.78 is 15.2. The molecule has 2 atom stereocenters. The second kappa shape index (κ2) is 6.53. The van der Waals surface area contributed by atoms with Crippen LogP contribution in [0.2, 0.25) is 0 Å². The Morgan fingerprint density at radius 3 is 2.11 bits per heavy atom. The Bertz CT molecular complexity index is 268. The molecule has 0 aromatic carbocycles. The minimum atomic E-state index is -1.03. The van der Waals surface area contributed by atoms with Gasteiger partial charge in [0, 0.05) is 24.7 Å². The van der Waals surface area contributed by atoms with Crippen molar-refractivity contribution in [2.45, 2.75) is 78.1 Å². The highest BCUT2D eigenvalue weighted by molar-refractivity contribution is 5.00. The number of hydrogen-bond donors (Lipinski definition) is 0. The third-order valence-electron chi connectivity index (χ3n) is 4.10. The van der Waals surface area contributed by atoms with Gasteiger partial charge in [-0.15, -0.1) is 0 Å². The Labute approximate surface area is 119 Å². The molecular formula is C16H33FN2. The van der Waals surface area contributed by atoms with Gasteiger partial charge >= 0.3 is 0 Å². The molecule has 19 heavy (non-hydrogen) atoms. The molecule has 0 aliphatic carbocycles. The number of halogens is 1. The summed E-state index contributed by atoms with van der Waals surface area (Å²) in [5.74, 6) is 0. The van der Waals surface area contributed by atoms with Gasteiger partial charge in [0.25, 0.3) is 0 Å². The van der Waals surface area contributed by atoms with Gasteiger partial charge in [0.1, 0.15) is 5.67 Å². The zero-order valence-electron chi connectivity index (χ0n) is 13.8. The van der Waals surface area contributed by atoms with Crippen LogP contribution in [0.25, 0.3) is 0 Å². The average molecular weight is 272 g/mol. The van der Waals surface area contributed by atoms with Crippen molar-refractivity contribution in [3.63, 3.8) is 0 Å². The summed E-state index contributed by atoms with van der Waals surface area (Å²) >= 11 is 0. The molecular weight excluding hydrogens is 239 g/mol. The SMILES string of the molecule is CCCN(CCC)CC1(F)CC(C)N(C(C)(C)C)C1. The van der Waals surface area contributed by atoms with Crippen molar-refractivity contribution in [2.24, 2.45) is 0 Å². The summed E-state index contributed by atoms with van der Waals surface area (Å²) in [6, 6.07) is 0.343. The maximum absolute atomic E-state index is 15.2. The highest BCUT2D eigenvalue weighted by atomic mass is 19.1. The van der Waals surface area contributed by atoms with Crippen LogP contribution in [0, 0.1) is 0 Å². The van der Waals surface area contributed by atoms with Crippen molar-refractivity contribution >= 4 is 0 Å². The van der Waals surface area contributed by atoms with Gasteiger partial charge in [0.15, 0.2) is 0 Å². The topological polar surface area (TPSA) is 6.48 Å². The molecule has 0 spiro atoms. The number of rotatable bonds is 6. The normalized spacial score (nSPS) is 29.4. The van der Waals surface area contributed by atoms with Gasteiger partial charge in [0.05, 0.1) is 0 Å². The molecule has 1 fully saturated rings. The minimum absolute atomic E-state index is 0.0631. The van der Waals surface area contributed by atoms with Crippen LogP contribution in [0.4, 0.5) is 4.39 Å². The summed E-state index contributed by atoms with van der Waals surface area (Å²) in [5.41, 5.74) is -0.968. The predicted octanol–water partition coefficient (Wildman–Crippen LogP) is 3.71. The van der Waals surface area contributed by atoms with E-state index in [4.69, 9.17) is 0 Å². The third-order valence-corrected chi connectivity index (χ3v) is 4.10. The van der Waals surface area contributed by atoms with Crippen molar-refractivity contribution in [3.8, 4) is 0 Å². The van der Waals surface area contributed by atoms with E-state index in [0.717, 1.165) is 25.9 Å². The summed E-state index contributed by atoms with van der Waals surface area (Å²) in [4.78, 5) is 4.63. The second-order valence-corrected chi connectivity index (χ2v) is 7.28. The predicted molar refractivity (Wildman–Crippen MR) is 81.4 cm³/mol. The second-order valence-electron chi connectivity index (χ2n) is 7.28. The van der Waals surface area contributed by atoms with Gasteiger partial charge in [-0.2, -0.15) is 0 Å². The smallest absolute Gasteiger partial charge is 0.137 e. The molecule has 2 unspecified atom stereocenters. The number of nitrogens with zero attached hydrogens (tertiary/aromatic N) is 2. The third kappa shape index (κ3) is 4.71. The van der Waals surface area contributed by atoms with Crippen LogP contribution in [0.1, 0.15) is 60.8 Å². The van der Waals surface area contributed by atoms with Crippen molar-refractivity contribution < 1.29 is 4.39 Å². The van der Waals surface area contributed by atoms with Crippen LogP contribution in [-0.2, 0) is 0 Å². The van der Waals surface area contributed by atoms with Gasteiger partial charge in [-0.05, 0) is 60.0 Å². The molecule has 0 bridgehead atoms. The Morgan fingerprint density at radius 2 is 1.74 bits per heavy atom. The van der Waals surface area contributed by atoms with Crippen LogP contribution >= 0.6 is 0 Å². The fourth-order valence-corrected chi connectivity index (χ4v) is 3.48. The van der Waals surface area contributed by atoms with E-state index in [9.17, 15) is 0 Å². The van der Waals surface area contributed by atoms with Crippen LogP contribution in [0.3, 0.4) is 0 Å². The van der Waals surface area contributed by atoms with Crippen molar-refractivity contribution in [2.75, 3.05) is 26.2 Å². The molecule has 1 aliphatic heterocycles. The van der Waals surface area contributed by atoms with E-state index in [1.807, 2.05) is 0 Å². The molecule has 0 aromatic heterocycles. The lowest BCUT2D eigenvalue weighted by Gasteiger charge is -2.36. The number of hydrogen-bond acceptors (Lipinski definition) is 2. The Hall–Kier alpha value is -0.150. The standard InChI is InChI=1S/C16H33FN2/c1-7-9-18(10-8-2)12-16(17)11-14(3)19(13-16)15(4,5)6/h14H,7-13H2,1-6H3. The molecule has 114 valence electrons. The summed E-state index contributed by atoms with van der Waals surface area (Å²) in [7, 11) is 0. The zero-order valence-corrected chi connectivity index (χ0v) is 13.8. The molecule has 1 saturated heterocycles. The fourth-order valence-electron chi connectivity index (χ4n) is 3.48. The minimum Gasteiger partial charge on any atom is -0.300 e. The van der Waals surface area contributed by atoms with E-state index < -0.39 is 5.67 Å². The van der Waals surface area contributed by atoms with Gasteiger partial charge in [-0.25, -0.2) is 4.39 Å². The first kappa shape index (κ1) is 16.9. The lowest BCUT2D eigenvalue weighted by molar-refractivity contribution is 0.0738. The molecule has 0 radical (unpaired) electrons. The number of alkyl halides is 1. The molecule has 1 aliphatic rings. The number of likely N-dealkylation sites (tertiary alicyclic amines) is 1. The molecule has 0 amide bonds. The summed E-state index contributed by atoms with van der Waals surface area (Å²) in [6.45, 7) is 16.3. The largest absolute Gasteiger partial charge is 0.300 e. The highest BCUT2D eigenvalue weighted by Gasteiger charge is 2.46. The van der Waals surface area contributed by atoms with E-state index in [0.29, 0.717) is 25.6 Å². The Kier molecular flexibility index (Phi) is 5.81. The van der Waals surface area contributed by atoms with Crippen molar-refractivity contribution in [3.05, 3.63) is 0 Å². The van der Waals surface area contributed by atoms with Crippen molar-refractivity contribution in [1.29, 1.82) is 0 Å². The van der Waals surface area contributed by atoms with E-state index in [1.54, 1.807) is 0 Å². The molecule has 3 heteroatoms. The average Bonchev–Trinajstić information content (AvgIpc) is 2.54. The van der Waals surface area contributed by atoms with Gasteiger partial charge in [-0.1, -0.05) is 13.8 Å². The van der Waals surface area contributed by atoms with Crippen molar-refractivity contribution in [1.82, 2.24) is 9.80 Å². The van der Waals surface area contributed by atoms with E-state index in [1.165, 1.54) is 0 Å². The van der Waals surface area contributed by atoms with E-state index >= 15 is 4.39 Å². The van der Waals surface area contributed by atoms with Crippen LogP contribution in [-0.4, -0.2) is 53.2 Å². The molecule has 1 rings (SSSR count).